The Labute approximate surface area is 93.1 Å². The van der Waals surface area contributed by atoms with Crippen molar-refractivity contribution in [1.29, 1.82) is 0 Å². The Kier molecular flexibility index (Phi) is 4.02. The molecule has 0 saturated heterocycles. The quantitative estimate of drug-likeness (QED) is 0.813. The Bertz CT molecular complexity index is 339. The van der Waals surface area contributed by atoms with E-state index in [2.05, 4.69) is 29.4 Å². The Morgan fingerprint density at radius 1 is 1.53 bits per heavy atom. The summed E-state index contributed by atoms with van der Waals surface area (Å²) in [4.78, 5) is 11.6. The number of hydrogen-bond donors (Lipinski definition) is 2. The van der Waals surface area contributed by atoms with Crippen LogP contribution in [0.3, 0.4) is 0 Å². The molecule has 15 heavy (non-hydrogen) atoms. The zero-order valence-electron chi connectivity index (χ0n) is 9.15. The Morgan fingerprint density at radius 3 is 2.67 bits per heavy atom. The number of carbonyl (C=O) groups excluding carboxylic acids is 1. The van der Waals surface area contributed by atoms with E-state index in [-0.39, 0.29) is 11.9 Å². The van der Waals surface area contributed by atoms with Gasteiger partial charge in [0.1, 0.15) is 0 Å². The van der Waals surface area contributed by atoms with Crippen molar-refractivity contribution >= 4 is 22.4 Å². The van der Waals surface area contributed by atoms with Crippen LogP contribution in [0.15, 0.2) is 0 Å². The number of rotatable bonds is 4. The predicted molar refractivity (Wildman–Crippen MR) is 60.7 cm³/mol. The van der Waals surface area contributed by atoms with Gasteiger partial charge >= 0.3 is 0 Å². The fourth-order valence-corrected chi connectivity index (χ4v) is 1.60. The van der Waals surface area contributed by atoms with Crippen LogP contribution in [-0.4, -0.2) is 22.1 Å². The molecule has 0 aliphatic rings. The number of nitrogens with one attached hydrogen (secondary N) is 1. The Hall–Kier alpha value is -1.17. The molecule has 0 spiro atoms. The van der Waals surface area contributed by atoms with Crippen molar-refractivity contribution in [2.24, 2.45) is 5.92 Å². The van der Waals surface area contributed by atoms with Gasteiger partial charge in [0, 0.05) is 6.04 Å². The lowest BCUT2D eigenvalue weighted by Gasteiger charge is -2.18. The maximum atomic E-state index is 11.6. The molecule has 1 rings (SSSR count). The first-order valence-electron chi connectivity index (χ1n) is 4.94. The van der Waals surface area contributed by atoms with Crippen molar-refractivity contribution in [2.45, 2.75) is 33.2 Å². The first-order chi connectivity index (χ1) is 7.04. The molecule has 1 aromatic heterocycles. The molecule has 0 saturated carbocycles. The highest BCUT2D eigenvalue weighted by molar-refractivity contribution is 7.16. The average molecular weight is 228 g/mol. The van der Waals surface area contributed by atoms with E-state index in [1.807, 2.05) is 6.92 Å². The molecule has 0 aromatic carbocycles. The summed E-state index contributed by atoms with van der Waals surface area (Å²) < 4.78 is 0. The van der Waals surface area contributed by atoms with Crippen LogP contribution in [0.4, 0.5) is 5.13 Å². The second kappa shape index (κ2) is 5.06. The highest BCUT2D eigenvalue weighted by atomic mass is 32.1. The number of aromatic nitrogens is 2. The minimum Gasteiger partial charge on any atom is -0.374 e. The second-order valence-electron chi connectivity index (χ2n) is 3.59. The molecular weight excluding hydrogens is 212 g/mol. The third-order valence-corrected chi connectivity index (χ3v) is 3.24. The van der Waals surface area contributed by atoms with Crippen molar-refractivity contribution in [2.75, 3.05) is 5.73 Å². The molecule has 0 aliphatic heterocycles. The summed E-state index contributed by atoms with van der Waals surface area (Å²) in [6.45, 7) is 6.17. The summed E-state index contributed by atoms with van der Waals surface area (Å²) in [5.41, 5.74) is 5.40. The lowest BCUT2D eigenvalue weighted by Crippen LogP contribution is -2.36. The van der Waals surface area contributed by atoms with Gasteiger partial charge in [0.15, 0.2) is 0 Å². The molecule has 0 radical (unpaired) electrons. The summed E-state index contributed by atoms with van der Waals surface area (Å²) in [5, 5.41) is 10.8. The molecule has 5 nitrogen and oxygen atoms in total. The van der Waals surface area contributed by atoms with Gasteiger partial charge in [-0.1, -0.05) is 31.6 Å². The molecule has 2 atom stereocenters. The van der Waals surface area contributed by atoms with Crippen molar-refractivity contribution in [3.05, 3.63) is 5.01 Å². The molecule has 6 heteroatoms. The number of carbonyl (C=O) groups is 1. The lowest BCUT2D eigenvalue weighted by atomic mass is 10.0. The summed E-state index contributed by atoms with van der Waals surface area (Å²) >= 11 is 1.10. The van der Waals surface area contributed by atoms with Crippen molar-refractivity contribution in [3.63, 3.8) is 0 Å². The Morgan fingerprint density at radius 2 is 2.20 bits per heavy atom. The largest absolute Gasteiger partial charge is 0.374 e. The first kappa shape index (κ1) is 11.9. The smallest absolute Gasteiger partial charge is 0.282 e. The fourth-order valence-electron chi connectivity index (χ4n) is 1.09. The molecule has 2 unspecified atom stereocenters. The SMILES string of the molecule is CCC(C)C(C)NC(=O)c1nnc(N)s1. The van der Waals surface area contributed by atoms with Gasteiger partial charge in [-0.2, -0.15) is 0 Å². The second-order valence-corrected chi connectivity index (χ2v) is 4.60. The number of anilines is 1. The lowest BCUT2D eigenvalue weighted by molar-refractivity contribution is 0.0927. The summed E-state index contributed by atoms with van der Waals surface area (Å²) in [6, 6.07) is 0.132. The zero-order valence-corrected chi connectivity index (χ0v) is 9.97. The third kappa shape index (κ3) is 3.16. The monoisotopic (exact) mass is 228 g/mol. The first-order valence-corrected chi connectivity index (χ1v) is 5.76. The predicted octanol–water partition coefficient (Wildman–Crippen LogP) is 1.28. The number of hydrogen-bond acceptors (Lipinski definition) is 5. The maximum Gasteiger partial charge on any atom is 0.282 e. The number of nitrogen functional groups attached to an aromatic ring is 1. The van der Waals surface area contributed by atoms with E-state index in [4.69, 9.17) is 5.73 Å². The van der Waals surface area contributed by atoms with Gasteiger partial charge in [0.25, 0.3) is 5.91 Å². The van der Waals surface area contributed by atoms with Crippen LogP contribution in [0.5, 0.6) is 0 Å². The van der Waals surface area contributed by atoms with E-state index in [0.717, 1.165) is 17.8 Å². The Balaban J connectivity index is 2.56. The van der Waals surface area contributed by atoms with Gasteiger partial charge in [-0.25, -0.2) is 0 Å². The van der Waals surface area contributed by atoms with Crippen molar-refractivity contribution in [3.8, 4) is 0 Å². The molecule has 1 amide bonds. The molecule has 1 aromatic rings. The van der Waals surface area contributed by atoms with E-state index >= 15 is 0 Å². The van der Waals surface area contributed by atoms with Crippen LogP contribution < -0.4 is 11.1 Å². The molecule has 0 bridgehead atoms. The number of amides is 1. The minimum atomic E-state index is -0.197. The van der Waals surface area contributed by atoms with Gasteiger partial charge < -0.3 is 11.1 Å². The van der Waals surface area contributed by atoms with Crippen LogP contribution in [0.25, 0.3) is 0 Å². The third-order valence-electron chi connectivity index (χ3n) is 2.49. The molecule has 1 heterocycles. The summed E-state index contributed by atoms with van der Waals surface area (Å²) in [6.07, 6.45) is 1.03. The summed E-state index contributed by atoms with van der Waals surface area (Å²) in [5.74, 6) is 0.246. The normalized spacial score (nSPS) is 14.6. The van der Waals surface area contributed by atoms with E-state index < -0.39 is 0 Å². The standard InChI is InChI=1S/C9H16N4OS/c1-4-5(2)6(3)11-7(14)8-12-13-9(10)15-8/h5-6H,4H2,1-3H3,(H2,10,13)(H,11,14). The van der Waals surface area contributed by atoms with Gasteiger partial charge in [0.2, 0.25) is 10.1 Å². The van der Waals surface area contributed by atoms with Crippen LogP contribution in [-0.2, 0) is 0 Å². The molecule has 0 fully saturated rings. The van der Waals surface area contributed by atoms with Gasteiger partial charge in [-0.3, -0.25) is 4.79 Å². The molecular formula is C9H16N4OS. The van der Waals surface area contributed by atoms with Gasteiger partial charge in [-0.15, -0.1) is 10.2 Å². The van der Waals surface area contributed by atoms with E-state index in [0.29, 0.717) is 16.1 Å². The number of nitrogens with two attached hydrogens (primary N) is 1. The fraction of sp³-hybridized carbons (Fsp3) is 0.667. The molecule has 3 N–H and O–H groups in total. The minimum absolute atomic E-state index is 0.132. The van der Waals surface area contributed by atoms with Gasteiger partial charge in [-0.05, 0) is 12.8 Å². The number of nitrogens with zero attached hydrogens (tertiary/aromatic N) is 2. The van der Waals surface area contributed by atoms with E-state index in [1.54, 1.807) is 0 Å². The van der Waals surface area contributed by atoms with Crippen molar-refractivity contribution in [1.82, 2.24) is 15.5 Å². The van der Waals surface area contributed by atoms with Gasteiger partial charge in [0.05, 0.1) is 0 Å². The highest BCUT2D eigenvalue weighted by Crippen LogP contribution is 2.12. The molecule has 84 valence electrons. The van der Waals surface area contributed by atoms with Crippen LogP contribution >= 0.6 is 11.3 Å². The highest BCUT2D eigenvalue weighted by Gasteiger charge is 2.17. The topological polar surface area (TPSA) is 80.9 Å². The van der Waals surface area contributed by atoms with E-state index in [9.17, 15) is 4.79 Å². The average Bonchev–Trinajstić information content (AvgIpc) is 2.63. The van der Waals surface area contributed by atoms with E-state index in [1.165, 1.54) is 0 Å². The van der Waals surface area contributed by atoms with Crippen LogP contribution in [0.1, 0.15) is 37.0 Å². The molecule has 0 aliphatic carbocycles. The van der Waals surface area contributed by atoms with Crippen LogP contribution in [0.2, 0.25) is 0 Å². The summed E-state index contributed by atoms with van der Waals surface area (Å²) in [7, 11) is 0. The zero-order chi connectivity index (χ0) is 11.4. The van der Waals surface area contributed by atoms with Crippen LogP contribution in [0, 0.1) is 5.92 Å². The maximum absolute atomic E-state index is 11.6. The van der Waals surface area contributed by atoms with Crippen molar-refractivity contribution < 1.29 is 4.79 Å².